The summed E-state index contributed by atoms with van der Waals surface area (Å²) in [6.07, 6.45) is 3.35. The molecule has 1 fully saturated rings. The fourth-order valence-electron chi connectivity index (χ4n) is 2.32. The van der Waals surface area contributed by atoms with Crippen molar-refractivity contribution >= 4 is 33.8 Å². The number of nitrogens with one attached hydrogen (secondary N) is 1. The van der Waals surface area contributed by atoms with Crippen molar-refractivity contribution < 1.29 is 0 Å². The van der Waals surface area contributed by atoms with Gasteiger partial charge in [0, 0.05) is 10.9 Å². The Balaban J connectivity index is 2.40. The van der Waals surface area contributed by atoms with Gasteiger partial charge in [-0.15, -0.1) is 11.3 Å². The molecule has 0 aliphatic heterocycles. The number of hydrogen-bond acceptors (Lipinski definition) is 3. The molecule has 1 aliphatic carbocycles. The van der Waals surface area contributed by atoms with E-state index in [9.17, 15) is 4.79 Å². The summed E-state index contributed by atoms with van der Waals surface area (Å²) in [7, 11) is 0. The number of aromatic amines is 1. The van der Waals surface area contributed by atoms with Crippen LogP contribution in [0, 0.1) is 18.6 Å². The maximum Gasteiger partial charge on any atom is 0.263 e. The Morgan fingerprint density at radius 1 is 1.41 bits per heavy atom. The Hall–Kier alpha value is -0.940. The molecule has 3 nitrogen and oxygen atoms in total. The van der Waals surface area contributed by atoms with Crippen LogP contribution in [0.4, 0.5) is 0 Å². The second-order valence-corrected chi connectivity index (χ2v) is 6.29. The molecule has 0 unspecified atom stereocenters. The molecule has 0 atom stereocenters. The average Bonchev–Trinajstić information content (AvgIpc) is 2.46. The predicted octanol–water partition coefficient (Wildman–Crippen LogP) is 3.46. The third-order valence-corrected chi connectivity index (χ3v) is 5.12. The van der Waals surface area contributed by atoms with Crippen molar-refractivity contribution in [3.63, 3.8) is 0 Å². The summed E-state index contributed by atoms with van der Waals surface area (Å²) < 4.78 is 2.36. The Kier molecular flexibility index (Phi) is 2.48. The van der Waals surface area contributed by atoms with Gasteiger partial charge in [0.05, 0.1) is 5.39 Å². The molecule has 0 spiro atoms. The standard InChI is InChI=1S/C12H14N2OS2/c1-6-7(2)17-10-9(6)11(15)14(12(16)13-10)8-4-3-5-8/h8H,3-5H2,1-2H3,(H,13,16). The van der Waals surface area contributed by atoms with Gasteiger partial charge in [-0.1, -0.05) is 0 Å². The van der Waals surface area contributed by atoms with E-state index >= 15 is 0 Å². The zero-order valence-electron chi connectivity index (χ0n) is 9.87. The topological polar surface area (TPSA) is 37.8 Å². The first-order chi connectivity index (χ1) is 8.09. The molecule has 2 aromatic rings. The molecule has 0 radical (unpaired) electrons. The number of rotatable bonds is 1. The van der Waals surface area contributed by atoms with Crippen LogP contribution in [0.2, 0.25) is 0 Å². The molecule has 0 bridgehead atoms. The molecule has 90 valence electrons. The summed E-state index contributed by atoms with van der Waals surface area (Å²) in [6.45, 7) is 4.06. The number of nitrogens with zero attached hydrogens (tertiary/aromatic N) is 1. The van der Waals surface area contributed by atoms with Crippen LogP contribution in [-0.4, -0.2) is 9.55 Å². The molecular formula is C12H14N2OS2. The fraction of sp³-hybridized carbons (Fsp3) is 0.500. The zero-order chi connectivity index (χ0) is 12.2. The molecule has 5 heteroatoms. The zero-order valence-corrected chi connectivity index (χ0v) is 11.5. The largest absolute Gasteiger partial charge is 0.323 e. The van der Waals surface area contributed by atoms with Crippen molar-refractivity contribution in [3.8, 4) is 0 Å². The number of fused-ring (bicyclic) bond motifs is 1. The number of H-pyrrole nitrogens is 1. The van der Waals surface area contributed by atoms with Gasteiger partial charge < -0.3 is 4.98 Å². The average molecular weight is 266 g/mol. The van der Waals surface area contributed by atoms with Gasteiger partial charge in [0.1, 0.15) is 4.83 Å². The summed E-state index contributed by atoms with van der Waals surface area (Å²) >= 11 is 6.93. The molecule has 0 amide bonds. The smallest absolute Gasteiger partial charge is 0.263 e. The van der Waals surface area contributed by atoms with Gasteiger partial charge in [0.2, 0.25) is 0 Å². The van der Waals surface area contributed by atoms with Crippen molar-refractivity contribution in [2.45, 2.75) is 39.2 Å². The van der Waals surface area contributed by atoms with E-state index in [1.54, 1.807) is 15.9 Å². The monoisotopic (exact) mass is 266 g/mol. The molecule has 1 saturated carbocycles. The summed E-state index contributed by atoms with van der Waals surface area (Å²) in [5.41, 5.74) is 1.18. The minimum absolute atomic E-state index is 0.0929. The molecule has 1 N–H and O–H groups in total. The van der Waals surface area contributed by atoms with Crippen molar-refractivity contribution in [2.24, 2.45) is 0 Å². The van der Waals surface area contributed by atoms with Crippen LogP contribution < -0.4 is 5.56 Å². The highest BCUT2D eigenvalue weighted by atomic mass is 32.1. The van der Waals surface area contributed by atoms with Crippen molar-refractivity contribution in [1.82, 2.24) is 9.55 Å². The molecule has 0 aromatic carbocycles. The van der Waals surface area contributed by atoms with E-state index in [0.29, 0.717) is 10.8 Å². The van der Waals surface area contributed by atoms with Crippen molar-refractivity contribution in [2.75, 3.05) is 0 Å². The summed E-state index contributed by atoms with van der Waals surface area (Å²) in [5.74, 6) is 0. The lowest BCUT2D eigenvalue weighted by Crippen LogP contribution is -2.30. The van der Waals surface area contributed by atoms with E-state index in [4.69, 9.17) is 12.2 Å². The first-order valence-corrected chi connectivity index (χ1v) is 7.06. The maximum absolute atomic E-state index is 12.5. The van der Waals surface area contributed by atoms with E-state index in [0.717, 1.165) is 28.6 Å². The first kappa shape index (κ1) is 11.2. The normalized spacial score (nSPS) is 16.4. The Morgan fingerprint density at radius 3 is 2.71 bits per heavy atom. The highest BCUT2D eigenvalue weighted by Crippen LogP contribution is 2.32. The van der Waals surface area contributed by atoms with Gasteiger partial charge in [0.25, 0.3) is 5.56 Å². The highest BCUT2D eigenvalue weighted by Gasteiger charge is 2.23. The van der Waals surface area contributed by atoms with Crippen LogP contribution in [-0.2, 0) is 0 Å². The van der Waals surface area contributed by atoms with Crippen LogP contribution >= 0.6 is 23.6 Å². The van der Waals surface area contributed by atoms with E-state index in [-0.39, 0.29) is 5.56 Å². The first-order valence-electron chi connectivity index (χ1n) is 5.84. The molecule has 0 saturated heterocycles. The van der Waals surface area contributed by atoms with Crippen LogP contribution in [0.25, 0.3) is 10.2 Å². The van der Waals surface area contributed by atoms with Crippen molar-refractivity contribution in [3.05, 3.63) is 25.6 Å². The lowest BCUT2D eigenvalue weighted by Gasteiger charge is -2.27. The molecule has 2 heterocycles. The van der Waals surface area contributed by atoms with E-state index in [2.05, 4.69) is 4.98 Å². The third-order valence-electron chi connectivity index (χ3n) is 3.70. The number of hydrogen-bond donors (Lipinski definition) is 1. The summed E-state index contributed by atoms with van der Waals surface area (Å²) in [6, 6.07) is 0.315. The lowest BCUT2D eigenvalue weighted by molar-refractivity contribution is 0.302. The minimum Gasteiger partial charge on any atom is -0.323 e. The number of aromatic nitrogens is 2. The van der Waals surface area contributed by atoms with Crippen molar-refractivity contribution in [1.29, 1.82) is 0 Å². The Morgan fingerprint density at radius 2 is 2.12 bits per heavy atom. The third kappa shape index (κ3) is 1.52. The van der Waals surface area contributed by atoms with Gasteiger partial charge in [-0.3, -0.25) is 9.36 Å². The van der Waals surface area contributed by atoms with Gasteiger partial charge in [-0.05, 0) is 50.9 Å². The highest BCUT2D eigenvalue weighted by molar-refractivity contribution is 7.71. The number of thiophene rings is 1. The molecule has 1 aliphatic rings. The van der Waals surface area contributed by atoms with E-state index < -0.39 is 0 Å². The Labute approximate surface area is 108 Å². The maximum atomic E-state index is 12.5. The van der Waals surface area contributed by atoms with E-state index in [1.807, 2.05) is 13.8 Å². The summed E-state index contributed by atoms with van der Waals surface area (Å²) in [4.78, 5) is 17.8. The molecule has 2 aromatic heterocycles. The van der Waals surface area contributed by atoms with Crippen LogP contribution in [0.5, 0.6) is 0 Å². The molecular weight excluding hydrogens is 252 g/mol. The Bertz CT molecular complexity index is 704. The fourth-order valence-corrected chi connectivity index (χ4v) is 3.77. The summed E-state index contributed by atoms with van der Waals surface area (Å²) in [5, 5.41) is 0.827. The molecule has 17 heavy (non-hydrogen) atoms. The minimum atomic E-state index is 0.0929. The predicted molar refractivity (Wildman–Crippen MR) is 73.6 cm³/mol. The van der Waals surface area contributed by atoms with E-state index in [1.165, 1.54) is 11.3 Å². The lowest BCUT2D eigenvalue weighted by atomic mass is 9.93. The van der Waals surface area contributed by atoms with Crippen LogP contribution in [0.3, 0.4) is 0 Å². The van der Waals surface area contributed by atoms with Crippen LogP contribution in [0.15, 0.2) is 4.79 Å². The van der Waals surface area contributed by atoms with Gasteiger partial charge in [0.15, 0.2) is 4.77 Å². The quantitative estimate of drug-likeness (QED) is 0.803. The molecule has 3 rings (SSSR count). The van der Waals surface area contributed by atoms with Gasteiger partial charge in [-0.2, -0.15) is 0 Å². The second kappa shape index (κ2) is 3.78. The number of aryl methyl sites for hydroxylation is 2. The van der Waals surface area contributed by atoms with Gasteiger partial charge >= 0.3 is 0 Å². The van der Waals surface area contributed by atoms with Crippen LogP contribution in [0.1, 0.15) is 35.7 Å². The van der Waals surface area contributed by atoms with Gasteiger partial charge in [-0.25, -0.2) is 0 Å². The second-order valence-electron chi connectivity index (χ2n) is 4.68. The SMILES string of the molecule is Cc1sc2[nH]c(=S)n(C3CCC3)c(=O)c2c1C.